The molecule has 1 aromatic heterocycles. The van der Waals surface area contributed by atoms with Crippen LogP contribution >= 0.6 is 0 Å². The summed E-state index contributed by atoms with van der Waals surface area (Å²) in [6.07, 6.45) is 3.49. The van der Waals surface area contributed by atoms with Crippen LogP contribution in [-0.2, 0) is 11.3 Å². The van der Waals surface area contributed by atoms with E-state index in [0.29, 0.717) is 25.8 Å². The van der Waals surface area contributed by atoms with Crippen LogP contribution < -0.4 is 0 Å². The zero-order chi connectivity index (χ0) is 16.1. The molecule has 4 nitrogen and oxygen atoms in total. The van der Waals surface area contributed by atoms with Gasteiger partial charge in [0.25, 0.3) is 0 Å². The Hall–Kier alpha value is -1.62. The lowest BCUT2D eigenvalue weighted by Crippen LogP contribution is -2.34. The van der Waals surface area contributed by atoms with Crippen LogP contribution in [0.4, 0.5) is 0 Å². The Kier molecular flexibility index (Phi) is 5.49. The number of rotatable bonds is 7. The van der Waals surface area contributed by atoms with Crippen molar-refractivity contribution < 1.29 is 14.3 Å². The molecule has 1 aromatic carbocycles. The maximum Gasteiger partial charge on any atom is 0.129 e. The van der Waals surface area contributed by atoms with E-state index in [4.69, 9.17) is 9.15 Å². The lowest BCUT2D eigenvalue weighted by atomic mass is 9.99. The first kappa shape index (κ1) is 16.2. The number of likely N-dealkylation sites (tertiary alicyclic amines) is 1. The molecule has 0 bridgehead atoms. The topological polar surface area (TPSA) is 45.8 Å². The number of hydrogen-bond acceptors (Lipinski definition) is 4. The van der Waals surface area contributed by atoms with Gasteiger partial charge in [0.2, 0.25) is 0 Å². The van der Waals surface area contributed by atoms with Gasteiger partial charge in [-0.25, -0.2) is 0 Å². The molecule has 0 aliphatic carbocycles. The molecule has 1 aliphatic rings. The van der Waals surface area contributed by atoms with Crippen LogP contribution in [0.25, 0.3) is 0 Å². The molecule has 0 radical (unpaired) electrons. The fourth-order valence-electron chi connectivity index (χ4n) is 3.37. The second kappa shape index (κ2) is 7.77. The van der Waals surface area contributed by atoms with Gasteiger partial charge in [-0.1, -0.05) is 24.3 Å². The number of nitrogens with zero attached hydrogens (tertiary/aromatic N) is 1. The third-order valence-electron chi connectivity index (χ3n) is 4.49. The minimum absolute atomic E-state index is 0.331. The van der Waals surface area contributed by atoms with Crippen molar-refractivity contribution in [2.24, 2.45) is 0 Å². The monoisotopic (exact) mass is 315 g/mol. The molecule has 2 unspecified atom stereocenters. The summed E-state index contributed by atoms with van der Waals surface area (Å²) in [6.45, 7) is 4.59. The van der Waals surface area contributed by atoms with E-state index in [1.807, 2.05) is 12.1 Å². The normalized spacial score (nSPS) is 20.0. The SMILES string of the molecule is Cc1ccccc1C1CCCN1CC(O)COCc1ccco1. The van der Waals surface area contributed by atoms with Crippen LogP contribution in [0, 0.1) is 6.92 Å². The molecule has 1 fully saturated rings. The fourth-order valence-corrected chi connectivity index (χ4v) is 3.37. The highest BCUT2D eigenvalue weighted by molar-refractivity contribution is 5.29. The van der Waals surface area contributed by atoms with Crippen molar-refractivity contribution in [1.82, 2.24) is 4.90 Å². The third kappa shape index (κ3) is 4.22. The molecule has 1 aliphatic heterocycles. The van der Waals surface area contributed by atoms with Crippen LogP contribution in [0.15, 0.2) is 47.1 Å². The third-order valence-corrected chi connectivity index (χ3v) is 4.49. The van der Waals surface area contributed by atoms with Crippen molar-refractivity contribution >= 4 is 0 Å². The van der Waals surface area contributed by atoms with E-state index in [1.165, 1.54) is 17.5 Å². The summed E-state index contributed by atoms with van der Waals surface area (Å²) in [5, 5.41) is 10.3. The molecule has 4 heteroatoms. The Morgan fingerprint density at radius 2 is 2.17 bits per heavy atom. The van der Waals surface area contributed by atoms with Crippen molar-refractivity contribution in [2.45, 2.75) is 38.5 Å². The Labute approximate surface area is 137 Å². The number of aliphatic hydroxyl groups is 1. The first-order valence-corrected chi connectivity index (χ1v) is 8.32. The van der Waals surface area contributed by atoms with Crippen LogP contribution in [0.5, 0.6) is 0 Å². The Morgan fingerprint density at radius 3 is 2.96 bits per heavy atom. The van der Waals surface area contributed by atoms with E-state index >= 15 is 0 Å². The maximum atomic E-state index is 10.3. The largest absolute Gasteiger partial charge is 0.467 e. The zero-order valence-electron chi connectivity index (χ0n) is 13.6. The Bertz CT molecular complexity index is 596. The van der Waals surface area contributed by atoms with E-state index in [0.717, 1.165) is 18.7 Å². The second-order valence-corrected chi connectivity index (χ2v) is 6.26. The highest BCUT2D eigenvalue weighted by atomic mass is 16.5. The van der Waals surface area contributed by atoms with Crippen molar-refractivity contribution in [1.29, 1.82) is 0 Å². The van der Waals surface area contributed by atoms with Gasteiger partial charge >= 0.3 is 0 Å². The van der Waals surface area contributed by atoms with E-state index in [9.17, 15) is 5.11 Å². The summed E-state index contributed by atoms with van der Waals surface area (Å²) in [4.78, 5) is 2.38. The zero-order valence-corrected chi connectivity index (χ0v) is 13.6. The number of ether oxygens (including phenoxy) is 1. The van der Waals surface area contributed by atoms with Crippen molar-refractivity contribution in [3.05, 3.63) is 59.5 Å². The van der Waals surface area contributed by atoms with Crippen molar-refractivity contribution in [2.75, 3.05) is 19.7 Å². The second-order valence-electron chi connectivity index (χ2n) is 6.26. The summed E-state index contributed by atoms with van der Waals surface area (Å²) in [7, 11) is 0. The van der Waals surface area contributed by atoms with Gasteiger partial charge < -0.3 is 14.3 Å². The number of aliphatic hydroxyl groups excluding tert-OH is 1. The molecule has 0 amide bonds. The van der Waals surface area contributed by atoms with E-state index < -0.39 is 6.10 Å². The number of benzene rings is 1. The lowest BCUT2D eigenvalue weighted by molar-refractivity contribution is 0.00305. The Morgan fingerprint density at radius 1 is 1.30 bits per heavy atom. The molecule has 23 heavy (non-hydrogen) atoms. The minimum atomic E-state index is -0.477. The summed E-state index contributed by atoms with van der Waals surface area (Å²) in [6, 6.07) is 12.7. The van der Waals surface area contributed by atoms with Crippen LogP contribution in [0.1, 0.15) is 35.8 Å². The van der Waals surface area contributed by atoms with Crippen LogP contribution in [0.2, 0.25) is 0 Å². The fraction of sp³-hybridized carbons (Fsp3) is 0.474. The number of hydrogen-bond donors (Lipinski definition) is 1. The van der Waals surface area contributed by atoms with Gasteiger partial charge in [0.15, 0.2) is 0 Å². The van der Waals surface area contributed by atoms with Gasteiger partial charge in [-0.05, 0) is 49.6 Å². The predicted octanol–water partition coefficient (Wildman–Crippen LogP) is 3.30. The first-order chi connectivity index (χ1) is 11.2. The first-order valence-electron chi connectivity index (χ1n) is 8.32. The molecular weight excluding hydrogens is 290 g/mol. The van der Waals surface area contributed by atoms with Crippen molar-refractivity contribution in [3.63, 3.8) is 0 Å². The molecule has 3 rings (SSSR count). The summed E-state index contributed by atoms with van der Waals surface area (Å²) >= 11 is 0. The lowest BCUT2D eigenvalue weighted by Gasteiger charge is -2.28. The van der Waals surface area contributed by atoms with E-state index in [2.05, 4.69) is 36.1 Å². The van der Waals surface area contributed by atoms with Crippen LogP contribution in [-0.4, -0.2) is 35.8 Å². The molecule has 2 heterocycles. The van der Waals surface area contributed by atoms with Gasteiger partial charge in [-0.3, -0.25) is 4.90 Å². The summed E-state index contributed by atoms with van der Waals surface area (Å²) in [5.41, 5.74) is 2.71. The van der Waals surface area contributed by atoms with Gasteiger partial charge in [-0.2, -0.15) is 0 Å². The predicted molar refractivity (Wildman–Crippen MR) is 89.1 cm³/mol. The molecule has 0 spiro atoms. The quantitative estimate of drug-likeness (QED) is 0.851. The van der Waals surface area contributed by atoms with Gasteiger partial charge in [0.05, 0.1) is 19.0 Å². The van der Waals surface area contributed by atoms with Crippen molar-refractivity contribution in [3.8, 4) is 0 Å². The highest BCUT2D eigenvalue weighted by Gasteiger charge is 2.28. The molecule has 124 valence electrons. The number of aryl methyl sites for hydroxylation is 1. The molecule has 1 N–H and O–H groups in total. The molecule has 1 saturated heterocycles. The smallest absolute Gasteiger partial charge is 0.129 e. The van der Waals surface area contributed by atoms with Gasteiger partial charge in [0.1, 0.15) is 12.4 Å². The minimum Gasteiger partial charge on any atom is -0.467 e. The number of furan rings is 1. The van der Waals surface area contributed by atoms with Gasteiger partial charge in [0, 0.05) is 12.6 Å². The number of β-amino-alcohol motifs (C(OH)–C–C–N with tert-alkyl or cyclic N) is 1. The molecule has 2 aromatic rings. The van der Waals surface area contributed by atoms with E-state index in [1.54, 1.807) is 6.26 Å². The van der Waals surface area contributed by atoms with Gasteiger partial charge in [-0.15, -0.1) is 0 Å². The molecule has 0 saturated carbocycles. The van der Waals surface area contributed by atoms with E-state index in [-0.39, 0.29) is 0 Å². The molecule has 2 atom stereocenters. The highest BCUT2D eigenvalue weighted by Crippen LogP contribution is 2.33. The van der Waals surface area contributed by atoms with Crippen LogP contribution in [0.3, 0.4) is 0 Å². The Balaban J connectivity index is 1.51. The standard InChI is InChI=1S/C19H25NO3/c1-15-6-2-3-8-18(15)19-9-4-10-20(19)12-16(21)13-22-14-17-7-5-11-23-17/h2-3,5-8,11,16,19,21H,4,9-10,12-14H2,1H3. The summed E-state index contributed by atoms with van der Waals surface area (Å²) in [5.74, 6) is 0.788. The average Bonchev–Trinajstić information content (AvgIpc) is 3.20. The molecular formula is C19H25NO3. The maximum absolute atomic E-state index is 10.3. The average molecular weight is 315 g/mol. The summed E-state index contributed by atoms with van der Waals surface area (Å²) < 4.78 is 10.8.